The zero-order valence-corrected chi connectivity index (χ0v) is 14.9. The maximum absolute atomic E-state index is 12.3. The van der Waals surface area contributed by atoms with Gasteiger partial charge in [-0.2, -0.15) is 0 Å². The summed E-state index contributed by atoms with van der Waals surface area (Å²) in [6, 6.07) is 3.89. The van der Waals surface area contributed by atoms with Crippen molar-refractivity contribution in [1.29, 1.82) is 0 Å². The van der Waals surface area contributed by atoms with E-state index >= 15 is 0 Å². The van der Waals surface area contributed by atoms with Crippen molar-refractivity contribution in [3.63, 3.8) is 0 Å². The summed E-state index contributed by atoms with van der Waals surface area (Å²) in [6.07, 6.45) is 1.91. The standard InChI is InChI=1S/C17H24N2O2S/c1-11-7-12(8-13(15(11)20)17(2,3)4)9-14-16(21)19(10-22-14)18(5)6/h7-9,20H,10H2,1-6H3/b14-9-. The number of rotatable bonds is 2. The molecule has 0 aromatic heterocycles. The molecule has 4 nitrogen and oxygen atoms in total. The Morgan fingerprint density at radius 2 is 1.95 bits per heavy atom. The van der Waals surface area contributed by atoms with E-state index in [0.29, 0.717) is 11.6 Å². The smallest absolute Gasteiger partial charge is 0.275 e. The van der Waals surface area contributed by atoms with Crippen LogP contribution in [0.25, 0.3) is 6.08 Å². The molecule has 0 saturated carbocycles. The summed E-state index contributed by atoms with van der Waals surface area (Å²) >= 11 is 1.54. The van der Waals surface area contributed by atoms with Crippen LogP contribution >= 0.6 is 11.8 Å². The zero-order chi connectivity index (χ0) is 16.7. The van der Waals surface area contributed by atoms with Gasteiger partial charge in [0.25, 0.3) is 5.91 Å². The molecule has 2 rings (SSSR count). The van der Waals surface area contributed by atoms with E-state index in [-0.39, 0.29) is 11.3 Å². The van der Waals surface area contributed by atoms with E-state index in [1.54, 1.807) is 10.0 Å². The van der Waals surface area contributed by atoms with Gasteiger partial charge >= 0.3 is 0 Å². The molecule has 1 N–H and O–H groups in total. The van der Waals surface area contributed by atoms with Gasteiger partial charge in [0.2, 0.25) is 0 Å². The summed E-state index contributed by atoms with van der Waals surface area (Å²) in [5.41, 5.74) is 2.54. The van der Waals surface area contributed by atoms with Crippen molar-refractivity contribution in [3.8, 4) is 5.75 Å². The number of hydrazine groups is 1. The molecule has 0 radical (unpaired) electrons. The minimum absolute atomic E-state index is 0.0260. The van der Waals surface area contributed by atoms with Gasteiger partial charge in [-0.15, -0.1) is 0 Å². The molecule has 1 heterocycles. The van der Waals surface area contributed by atoms with Crippen LogP contribution in [-0.2, 0) is 10.2 Å². The molecule has 1 aliphatic heterocycles. The van der Waals surface area contributed by atoms with Gasteiger partial charge in [-0.1, -0.05) is 32.5 Å². The third-order valence-electron chi connectivity index (χ3n) is 3.70. The number of benzene rings is 1. The molecule has 1 fully saturated rings. The van der Waals surface area contributed by atoms with E-state index < -0.39 is 0 Å². The lowest BCUT2D eigenvalue weighted by Gasteiger charge is -2.22. The number of nitrogens with zero attached hydrogens (tertiary/aromatic N) is 2. The summed E-state index contributed by atoms with van der Waals surface area (Å²) in [7, 11) is 3.73. The van der Waals surface area contributed by atoms with Crippen LogP contribution in [-0.4, -0.2) is 41.0 Å². The molecule has 22 heavy (non-hydrogen) atoms. The van der Waals surface area contributed by atoms with Crippen LogP contribution in [0.1, 0.15) is 37.5 Å². The quantitative estimate of drug-likeness (QED) is 0.849. The van der Waals surface area contributed by atoms with Gasteiger partial charge in [0, 0.05) is 19.7 Å². The SMILES string of the molecule is Cc1cc(/C=C2\SCN(N(C)C)C2=O)cc(C(C)(C)C)c1O. The van der Waals surface area contributed by atoms with Crippen molar-refractivity contribution < 1.29 is 9.90 Å². The van der Waals surface area contributed by atoms with E-state index in [4.69, 9.17) is 0 Å². The summed E-state index contributed by atoms with van der Waals surface area (Å²) in [6.45, 7) is 8.10. The van der Waals surface area contributed by atoms with Gasteiger partial charge in [0.05, 0.1) is 10.8 Å². The molecule has 0 unspecified atom stereocenters. The van der Waals surface area contributed by atoms with E-state index in [1.807, 2.05) is 39.2 Å². The average molecular weight is 320 g/mol. The molecule has 0 spiro atoms. The first-order chi connectivity index (χ1) is 10.1. The summed E-state index contributed by atoms with van der Waals surface area (Å²) in [4.78, 5) is 13.1. The Labute approximate surface area is 136 Å². The van der Waals surface area contributed by atoms with E-state index in [1.165, 1.54) is 11.8 Å². The van der Waals surface area contributed by atoms with Crippen molar-refractivity contribution in [1.82, 2.24) is 10.0 Å². The number of phenols is 1. The lowest BCUT2D eigenvalue weighted by atomic mass is 9.84. The number of aryl methyl sites for hydroxylation is 1. The maximum atomic E-state index is 12.3. The second kappa shape index (κ2) is 5.97. The predicted molar refractivity (Wildman–Crippen MR) is 92.5 cm³/mol. The van der Waals surface area contributed by atoms with Gasteiger partial charge in [0.1, 0.15) is 5.75 Å². The van der Waals surface area contributed by atoms with Crippen molar-refractivity contribution >= 4 is 23.7 Å². The molecule has 1 saturated heterocycles. The Hall–Kier alpha value is -1.46. The number of amides is 1. The van der Waals surface area contributed by atoms with Crippen LogP contribution in [0.15, 0.2) is 17.0 Å². The number of carbonyl (C=O) groups is 1. The summed E-state index contributed by atoms with van der Waals surface area (Å²) < 4.78 is 0. The molecule has 0 atom stereocenters. The maximum Gasteiger partial charge on any atom is 0.275 e. The first-order valence-corrected chi connectivity index (χ1v) is 8.27. The third kappa shape index (κ3) is 3.31. The van der Waals surface area contributed by atoms with Crippen LogP contribution in [0, 0.1) is 6.92 Å². The molecule has 120 valence electrons. The molecule has 5 heteroatoms. The molecule has 1 aromatic carbocycles. The fourth-order valence-electron chi connectivity index (χ4n) is 2.39. The van der Waals surface area contributed by atoms with Crippen molar-refractivity contribution in [3.05, 3.63) is 33.7 Å². The van der Waals surface area contributed by atoms with Crippen LogP contribution in [0.3, 0.4) is 0 Å². The zero-order valence-electron chi connectivity index (χ0n) is 14.1. The minimum atomic E-state index is -0.147. The molecule has 0 aliphatic carbocycles. The molecule has 1 amide bonds. The Bertz CT molecular complexity index is 630. The normalized spacial score (nSPS) is 17.9. The first kappa shape index (κ1) is 16.9. The molecular weight excluding hydrogens is 296 g/mol. The Morgan fingerprint density at radius 1 is 1.32 bits per heavy atom. The predicted octanol–water partition coefficient (Wildman–Crippen LogP) is 3.35. The second-order valence-electron chi connectivity index (χ2n) is 6.82. The number of thioether (sulfide) groups is 1. The van der Waals surface area contributed by atoms with Gasteiger partial charge in [-0.3, -0.25) is 9.80 Å². The molecule has 1 aliphatic rings. The average Bonchev–Trinajstić information content (AvgIpc) is 2.74. The van der Waals surface area contributed by atoms with Crippen LogP contribution in [0.5, 0.6) is 5.75 Å². The number of carbonyl (C=O) groups excluding carboxylic acids is 1. The number of hydrogen-bond donors (Lipinski definition) is 1. The number of phenolic OH excluding ortho intramolecular Hbond substituents is 1. The van der Waals surface area contributed by atoms with Gasteiger partial charge in [-0.05, 0) is 41.7 Å². The monoisotopic (exact) mass is 320 g/mol. The fraction of sp³-hybridized carbons (Fsp3) is 0.471. The van der Waals surface area contributed by atoms with Crippen LogP contribution in [0.4, 0.5) is 0 Å². The van der Waals surface area contributed by atoms with E-state index in [0.717, 1.165) is 21.6 Å². The van der Waals surface area contributed by atoms with Crippen LogP contribution < -0.4 is 0 Å². The largest absolute Gasteiger partial charge is 0.507 e. The van der Waals surface area contributed by atoms with Crippen molar-refractivity contribution in [2.45, 2.75) is 33.1 Å². The summed E-state index contributed by atoms with van der Waals surface area (Å²) in [5.74, 6) is 1.01. The van der Waals surface area contributed by atoms with Crippen LogP contribution in [0.2, 0.25) is 0 Å². The number of hydrogen-bond acceptors (Lipinski definition) is 4. The lowest BCUT2D eigenvalue weighted by Crippen LogP contribution is -2.37. The topological polar surface area (TPSA) is 43.8 Å². The third-order valence-corrected chi connectivity index (χ3v) is 4.68. The van der Waals surface area contributed by atoms with E-state index in [2.05, 4.69) is 20.8 Å². The molecule has 1 aromatic rings. The second-order valence-corrected chi connectivity index (χ2v) is 7.80. The van der Waals surface area contributed by atoms with Gasteiger partial charge in [0.15, 0.2) is 0 Å². The highest BCUT2D eigenvalue weighted by atomic mass is 32.2. The molecule has 0 bridgehead atoms. The Balaban J connectivity index is 2.41. The minimum Gasteiger partial charge on any atom is -0.507 e. The fourth-order valence-corrected chi connectivity index (χ4v) is 3.45. The summed E-state index contributed by atoms with van der Waals surface area (Å²) in [5, 5.41) is 13.8. The Morgan fingerprint density at radius 3 is 2.45 bits per heavy atom. The first-order valence-electron chi connectivity index (χ1n) is 7.29. The lowest BCUT2D eigenvalue weighted by molar-refractivity contribution is -0.136. The Kier molecular flexibility index (Phi) is 4.59. The van der Waals surface area contributed by atoms with Crippen molar-refractivity contribution in [2.75, 3.05) is 20.0 Å². The van der Waals surface area contributed by atoms with Crippen molar-refractivity contribution in [2.24, 2.45) is 0 Å². The highest BCUT2D eigenvalue weighted by molar-refractivity contribution is 8.04. The highest BCUT2D eigenvalue weighted by Gasteiger charge is 2.28. The molecular formula is C17H24N2O2S. The number of aromatic hydroxyl groups is 1. The highest BCUT2D eigenvalue weighted by Crippen LogP contribution is 2.36. The van der Waals surface area contributed by atoms with E-state index in [9.17, 15) is 9.90 Å². The van der Waals surface area contributed by atoms with Gasteiger partial charge in [-0.25, -0.2) is 5.01 Å². The van der Waals surface area contributed by atoms with Gasteiger partial charge < -0.3 is 5.11 Å².